The van der Waals surface area contributed by atoms with E-state index in [0.717, 1.165) is 21.5 Å². The molecule has 0 saturated heterocycles. The van der Waals surface area contributed by atoms with E-state index in [1.165, 1.54) is 11.5 Å². The van der Waals surface area contributed by atoms with Gasteiger partial charge in [-0.15, -0.1) is 5.10 Å². The van der Waals surface area contributed by atoms with Gasteiger partial charge in [-0.05, 0) is 25.4 Å². The van der Waals surface area contributed by atoms with Crippen molar-refractivity contribution in [2.75, 3.05) is 7.11 Å². The van der Waals surface area contributed by atoms with Crippen molar-refractivity contribution in [1.82, 2.24) is 14.6 Å². The number of pyridine rings is 1. The van der Waals surface area contributed by atoms with Crippen molar-refractivity contribution >= 4 is 21.7 Å². The third-order valence-corrected chi connectivity index (χ3v) is 2.80. The summed E-state index contributed by atoms with van der Waals surface area (Å²) in [6, 6.07) is 0. The van der Waals surface area contributed by atoms with Crippen molar-refractivity contribution in [2.24, 2.45) is 0 Å². The molecule has 2 aromatic heterocycles. The average molecular weight is 195 g/mol. The maximum Gasteiger partial charge on any atom is 0.217 e. The number of aromatic nitrogens is 3. The molecule has 0 amide bonds. The lowest BCUT2D eigenvalue weighted by molar-refractivity contribution is 0.395. The van der Waals surface area contributed by atoms with Gasteiger partial charge in [0, 0.05) is 5.56 Å². The van der Waals surface area contributed by atoms with Crippen LogP contribution in [-0.2, 0) is 0 Å². The van der Waals surface area contributed by atoms with E-state index in [-0.39, 0.29) is 0 Å². The van der Waals surface area contributed by atoms with E-state index in [1.54, 1.807) is 7.11 Å². The molecule has 0 aromatic carbocycles. The molecule has 0 unspecified atom stereocenters. The average Bonchev–Trinajstić information content (AvgIpc) is 2.60. The molecule has 0 fully saturated rings. The minimum absolute atomic E-state index is 0.663. The Hall–Kier alpha value is -1.23. The van der Waals surface area contributed by atoms with Crippen LogP contribution in [0.1, 0.15) is 11.3 Å². The molecule has 0 aliphatic heterocycles. The van der Waals surface area contributed by atoms with Crippen molar-refractivity contribution in [2.45, 2.75) is 13.8 Å². The van der Waals surface area contributed by atoms with Gasteiger partial charge in [-0.3, -0.25) is 0 Å². The first-order valence-corrected chi connectivity index (χ1v) is 4.64. The predicted octanol–water partition coefficient (Wildman–Crippen LogP) is 1.71. The summed E-state index contributed by atoms with van der Waals surface area (Å²) in [7, 11) is 1.62. The molecule has 0 aliphatic carbocycles. The van der Waals surface area contributed by atoms with Crippen LogP contribution in [0.5, 0.6) is 5.88 Å². The summed E-state index contributed by atoms with van der Waals surface area (Å²) in [5.74, 6) is 0.663. The number of aryl methyl sites for hydroxylation is 2. The minimum Gasteiger partial charge on any atom is -0.481 e. The second-order valence-corrected chi connectivity index (χ2v) is 3.54. The van der Waals surface area contributed by atoms with Crippen LogP contribution in [0.25, 0.3) is 10.2 Å². The van der Waals surface area contributed by atoms with E-state index in [4.69, 9.17) is 4.74 Å². The second kappa shape index (κ2) is 2.92. The zero-order chi connectivity index (χ0) is 9.42. The van der Waals surface area contributed by atoms with Gasteiger partial charge in [0.25, 0.3) is 0 Å². The van der Waals surface area contributed by atoms with Crippen molar-refractivity contribution in [1.29, 1.82) is 0 Å². The predicted molar refractivity (Wildman–Crippen MR) is 51.2 cm³/mol. The Morgan fingerprint density at radius 2 is 2.08 bits per heavy atom. The third kappa shape index (κ3) is 1.16. The maximum absolute atomic E-state index is 5.14. The summed E-state index contributed by atoms with van der Waals surface area (Å²) in [4.78, 5) is 4.27. The fourth-order valence-corrected chi connectivity index (χ4v) is 1.96. The smallest absolute Gasteiger partial charge is 0.217 e. The van der Waals surface area contributed by atoms with E-state index < -0.39 is 0 Å². The lowest BCUT2D eigenvalue weighted by Crippen LogP contribution is -1.94. The highest BCUT2D eigenvalue weighted by Crippen LogP contribution is 2.27. The van der Waals surface area contributed by atoms with Crippen molar-refractivity contribution in [3.63, 3.8) is 0 Å². The zero-order valence-electron chi connectivity index (χ0n) is 7.66. The first-order valence-electron chi connectivity index (χ1n) is 3.87. The van der Waals surface area contributed by atoms with Gasteiger partial charge < -0.3 is 4.74 Å². The van der Waals surface area contributed by atoms with Crippen LogP contribution in [0.3, 0.4) is 0 Å². The van der Waals surface area contributed by atoms with Gasteiger partial charge in [0.05, 0.1) is 17.5 Å². The highest BCUT2D eigenvalue weighted by Gasteiger charge is 2.11. The molecule has 68 valence electrons. The first kappa shape index (κ1) is 8.37. The molecule has 4 nitrogen and oxygen atoms in total. The summed E-state index contributed by atoms with van der Waals surface area (Å²) in [5.41, 5.74) is 2.76. The van der Waals surface area contributed by atoms with Crippen molar-refractivity contribution in [3.05, 3.63) is 11.3 Å². The molecule has 5 heteroatoms. The van der Waals surface area contributed by atoms with Crippen LogP contribution in [-0.4, -0.2) is 21.7 Å². The third-order valence-electron chi connectivity index (χ3n) is 1.95. The Balaban J connectivity index is 2.85. The summed E-state index contributed by atoms with van der Waals surface area (Å²) in [6.45, 7) is 3.87. The van der Waals surface area contributed by atoms with E-state index >= 15 is 0 Å². The number of nitrogens with zero attached hydrogens (tertiary/aromatic N) is 3. The zero-order valence-corrected chi connectivity index (χ0v) is 8.47. The Bertz CT molecular complexity index is 452. The second-order valence-electron chi connectivity index (χ2n) is 2.78. The monoisotopic (exact) mass is 195 g/mol. The standard InChI is InChI=1S/C8H9N3OS/c1-4-7-6(10-11-13-7)5(2)9-8(4)12-3/h1-3H3. The van der Waals surface area contributed by atoms with Gasteiger partial charge in [0.15, 0.2) is 0 Å². The highest BCUT2D eigenvalue weighted by molar-refractivity contribution is 7.13. The Kier molecular flexibility index (Phi) is 1.88. The number of fused-ring (bicyclic) bond motifs is 1. The van der Waals surface area contributed by atoms with Gasteiger partial charge in [-0.25, -0.2) is 4.98 Å². The fraction of sp³-hybridized carbons (Fsp3) is 0.375. The van der Waals surface area contributed by atoms with Gasteiger partial charge >= 0.3 is 0 Å². The van der Waals surface area contributed by atoms with Gasteiger partial charge in [-0.1, -0.05) is 4.49 Å². The Morgan fingerprint density at radius 3 is 2.77 bits per heavy atom. The molecule has 2 rings (SSSR count). The molecule has 0 saturated carbocycles. The summed E-state index contributed by atoms with van der Waals surface area (Å²) in [6.07, 6.45) is 0. The van der Waals surface area contributed by atoms with E-state index in [2.05, 4.69) is 14.6 Å². The SMILES string of the molecule is COc1nc(C)c2nnsc2c1C. The topological polar surface area (TPSA) is 47.9 Å². The van der Waals surface area contributed by atoms with E-state index in [1.807, 2.05) is 13.8 Å². The minimum atomic E-state index is 0.663. The van der Waals surface area contributed by atoms with Crippen LogP contribution in [0.15, 0.2) is 0 Å². The molecule has 13 heavy (non-hydrogen) atoms. The summed E-state index contributed by atoms with van der Waals surface area (Å²) in [5, 5.41) is 4.00. The van der Waals surface area contributed by atoms with E-state index in [9.17, 15) is 0 Å². The number of hydrogen-bond donors (Lipinski definition) is 0. The Labute approximate surface area is 79.7 Å². The number of methoxy groups -OCH3 is 1. The van der Waals surface area contributed by atoms with Crippen LogP contribution in [0.4, 0.5) is 0 Å². The molecular formula is C8H9N3OS. The molecule has 0 spiro atoms. The largest absolute Gasteiger partial charge is 0.481 e. The Morgan fingerprint density at radius 1 is 1.31 bits per heavy atom. The molecule has 0 bridgehead atoms. The molecular weight excluding hydrogens is 186 g/mol. The highest BCUT2D eigenvalue weighted by atomic mass is 32.1. The van der Waals surface area contributed by atoms with Crippen LogP contribution in [0.2, 0.25) is 0 Å². The van der Waals surface area contributed by atoms with E-state index in [0.29, 0.717) is 5.88 Å². The lowest BCUT2D eigenvalue weighted by Gasteiger charge is -2.04. The molecule has 2 aromatic rings. The normalized spacial score (nSPS) is 10.7. The number of hydrogen-bond acceptors (Lipinski definition) is 5. The van der Waals surface area contributed by atoms with Crippen LogP contribution >= 0.6 is 11.5 Å². The van der Waals surface area contributed by atoms with Gasteiger partial charge in [0.1, 0.15) is 5.52 Å². The molecule has 0 atom stereocenters. The molecule has 0 radical (unpaired) electrons. The summed E-state index contributed by atoms with van der Waals surface area (Å²) < 4.78 is 10.1. The molecule has 2 heterocycles. The number of ether oxygens (including phenoxy) is 1. The first-order chi connectivity index (χ1) is 6.24. The van der Waals surface area contributed by atoms with Gasteiger partial charge in [0.2, 0.25) is 5.88 Å². The quantitative estimate of drug-likeness (QED) is 0.695. The molecule has 0 aliphatic rings. The fourth-order valence-electron chi connectivity index (χ4n) is 1.26. The van der Waals surface area contributed by atoms with Crippen LogP contribution < -0.4 is 4.74 Å². The lowest BCUT2D eigenvalue weighted by atomic mass is 10.2. The van der Waals surface area contributed by atoms with Crippen molar-refractivity contribution < 1.29 is 4.74 Å². The summed E-state index contributed by atoms with van der Waals surface area (Å²) >= 11 is 1.38. The van der Waals surface area contributed by atoms with Crippen LogP contribution in [0, 0.1) is 13.8 Å². The number of rotatable bonds is 1. The molecule has 0 N–H and O–H groups in total. The van der Waals surface area contributed by atoms with Gasteiger partial charge in [-0.2, -0.15) is 0 Å². The van der Waals surface area contributed by atoms with Crippen molar-refractivity contribution in [3.8, 4) is 5.88 Å². The maximum atomic E-state index is 5.14.